The van der Waals surface area contributed by atoms with Gasteiger partial charge in [-0.25, -0.2) is 4.79 Å². The number of carbonyl (C=O) groups is 1. The van der Waals surface area contributed by atoms with Crippen molar-refractivity contribution in [3.63, 3.8) is 0 Å². The van der Waals surface area contributed by atoms with Crippen molar-refractivity contribution in [3.05, 3.63) is 0 Å². The summed E-state index contributed by atoms with van der Waals surface area (Å²) < 4.78 is 5.19. The second-order valence-electron chi connectivity index (χ2n) is 7.19. The van der Waals surface area contributed by atoms with Gasteiger partial charge in [0, 0.05) is 6.42 Å². The van der Waals surface area contributed by atoms with Crippen LogP contribution in [0.3, 0.4) is 0 Å². The monoisotopic (exact) mass is 328 g/mol. The third-order valence-electron chi connectivity index (χ3n) is 4.32. The molecular weight excluding hydrogens is 286 g/mol. The summed E-state index contributed by atoms with van der Waals surface area (Å²) in [7, 11) is 0. The lowest BCUT2D eigenvalue weighted by atomic mass is 10.0. The van der Waals surface area contributed by atoms with Crippen LogP contribution >= 0.6 is 0 Å². The van der Waals surface area contributed by atoms with Crippen molar-refractivity contribution < 1.29 is 14.8 Å². The first kappa shape index (κ1) is 22.4. The van der Waals surface area contributed by atoms with Crippen LogP contribution in [0.5, 0.6) is 0 Å². The van der Waals surface area contributed by atoms with Gasteiger partial charge in [0.15, 0.2) is 6.04 Å². The van der Waals surface area contributed by atoms with Crippen molar-refractivity contribution in [1.29, 1.82) is 0 Å². The average molecular weight is 329 g/mol. The molecule has 1 atom stereocenters. The zero-order valence-corrected chi connectivity index (χ0v) is 16.2. The van der Waals surface area contributed by atoms with E-state index in [1.807, 2.05) is 6.92 Å². The first-order valence-corrected chi connectivity index (χ1v) is 10.1. The first-order valence-electron chi connectivity index (χ1n) is 10.1. The van der Waals surface area contributed by atoms with Crippen LogP contribution in [0.25, 0.3) is 0 Å². The molecule has 0 aromatic heterocycles. The van der Waals surface area contributed by atoms with Gasteiger partial charge < -0.3 is 10.1 Å². The van der Waals surface area contributed by atoms with E-state index in [1.165, 1.54) is 64.2 Å². The molecule has 3 heteroatoms. The summed E-state index contributed by atoms with van der Waals surface area (Å²) in [4.78, 5) is 11.9. The smallest absolute Gasteiger partial charge is 0.364 e. The number of nitrogens with two attached hydrogens (primary N) is 1. The number of rotatable bonds is 16. The highest BCUT2D eigenvalue weighted by atomic mass is 16.5. The van der Waals surface area contributed by atoms with Crippen LogP contribution in [0.4, 0.5) is 0 Å². The van der Waals surface area contributed by atoms with Crippen molar-refractivity contribution in [2.75, 3.05) is 13.2 Å². The Morgan fingerprint density at radius 1 is 0.870 bits per heavy atom. The van der Waals surface area contributed by atoms with E-state index in [2.05, 4.69) is 26.1 Å². The molecule has 23 heavy (non-hydrogen) atoms. The number of hydrogen-bond acceptors (Lipinski definition) is 2. The molecule has 0 aliphatic heterocycles. The molecule has 0 aliphatic carbocycles. The third kappa shape index (κ3) is 14.7. The van der Waals surface area contributed by atoms with Crippen LogP contribution < -0.4 is 5.32 Å². The number of carbonyl (C=O) groups excluding carboxylic acids is 1. The maximum atomic E-state index is 11.9. The van der Waals surface area contributed by atoms with Crippen LogP contribution in [0, 0.1) is 5.92 Å². The molecule has 0 amide bonds. The van der Waals surface area contributed by atoms with Crippen LogP contribution in [0.1, 0.15) is 98.3 Å². The SMILES string of the molecule is CCCCCCCCCCCC[NH2+]C(CC(C)C)C(=O)OCC. The van der Waals surface area contributed by atoms with Crippen LogP contribution in [-0.4, -0.2) is 25.2 Å². The van der Waals surface area contributed by atoms with Crippen LogP contribution in [0.2, 0.25) is 0 Å². The molecule has 0 radical (unpaired) electrons. The Morgan fingerprint density at radius 2 is 1.39 bits per heavy atom. The zero-order chi connectivity index (χ0) is 17.3. The predicted molar refractivity (Wildman–Crippen MR) is 98.5 cm³/mol. The number of ether oxygens (including phenoxy) is 1. The highest BCUT2D eigenvalue weighted by Gasteiger charge is 2.23. The molecule has 0 rings (SSSR count). The minimum Gasteiger partial charge on any atom is -0.462 e. The van der Waals surface area contributed by atoms with Gasteiger partial charge in [0.05, 0.1) is 13.2 Å². The lowest BCUT2D eigenvalue weighted by molar-refractivity contribution is -0.679. The van der Waals surface area contributed by atoms with Gasteiger partial charge in [-0.15, -0.1) is 0 Å². The number of unbranched alkanes of at least 4 members (excludes halogenated alkanes) is 9. The van der Waals surface area contributed by atoms with E-state index < -0.39 is 0 Å². The Balaban J connectivity index is 3.56. The summed E-state index contributed by atoms with van der Waals surface area (Å²) in [6.07, 6.45) is 14.5. The molecule has 0 heterocycles. The van der Waals surface area contributed by atoms with E-state index in [0.29, 0.717) is 12.5 Å². The molecule has 0 spiro atoms. The molecule has 0 aromatic rings. The van der Waals surface area contributed by atoms with Gasteiger partial charge in [-0.1, -0.05) is 72.1 Å². The Bertz CT molecular complexity index is 266. The normalized spacial score (nSPS) is 12.6. The standard InChI is InChI=1S/C20H41NO2/c1-5-7-8-9-10-11-12-13-14-15-16-21-19(17-18(3)4)20(22)23-6-2/h18-19,21H,5-17H2,1-4H3/p+1. The minimum atomic E-state index is -0.0340. The molecule has 0 bridgehead atoms. The molecule has 1 unspecified atom stereocenters. The van der Waals surface area contributed by atoms with E-state index >= 15 is 0 Å². The van der Waals surface area contributed by atoms with Gasteiger partial charge in [-0.2, -0.15) is 0 Å². The maximum absolute atomic E-state index is 11.9. The first-order chi connectivity index (χ1) is 11.1. The van der Waals surface area contributed by atoms with Gasteiger partial charge >= 0.3 is 5.97 Å². The summed E-state index contributed by atoms with van der Waals surface area (Å²) in [6, 6.07) is -0.00600. The maximum Gasteiger partial charge on any atom is 0.364 e. The predicted octanol–water partition coefficient (Wildman–Crippen LogP) is 4.45. The highest BCUT2D eigenvalue weighted by molar-refractivity contribution is 5.74. The van der Waals surface area contributed by atoms with Gasteiger partial charge in [0.2, 0.25) is 0 Å². The Hall–Kier alpha value is -0.570. The average Bonchev–Trinajstić information content (AvgIpc) is 2.51. The lowest BCUT2D eigenvalue weighted by Crippen LogP contribution is -2.92. The topological polar surface area (TPSA) is 42.9 Å². The zero-order valence-electron chi connectivity index (χ0n) is 16.2. The second kappa shape index (κ2) is 16.3. The quantitative estimate of drug-likeness (QED) is 0.336. The van der Waals surface area contributed by atoms with Crippen molar-refractivity contribution in [3.8, 4) is 0 Å². The third-order valence-corrected chi connectivity index (χ3v) is 4.32. The summed E-state index contributed by atoms with van der Waals surface area (Å²) in [5, 5.41) is 2.20. The Morgan fingerprint density at radius 3 is 1.87 bits per heavy atom. The molecule has 0 saturated carbocycles. The van der Waals surface area contributed by atoms with Crippen molar-refractivity contribution in [2.45, 2.75) is 104 Å². The summed E-state index contributed by atoms with van der Waals surface area (Å²) in [5.41, 5.74) is 0. The van der Waals surface area contributed by atoms with E-state index in [4.69, 9.17) is 4.74 Å². The van der Waals surface area contributed by atoms with E-state index in [9.17, 15) is 4.79 Å². The van der Waals surface area contributed by atoms with Crippen LogP contribution in [-0.2, 0) is 9.53 Å². The molecule has 0 aromatic carbocycles. The molecule has 0 aliphatic rings. The summed E-state index contributed by atoms with van der Waals surface area (Å²) >= 11 is 0. The fraction of sp³-hybridized carbons (Fsp3) is 0.950. The fourth-order valence-corrected chi connectivity index (χ4v) is 3.00. The summed E-state index contributed by atoms with van der Waals surface area (Å²) in [5.74, 6) is 0.502. The van der Waals surface area contributed by atoms with Crippen molar-refractivity contribution >= 4 is 5.97 Å². The molecule has 3 nitrogen and oxygen atoms in total. The van der Waals surface area contributed by atoms with E-state index in [-0.39, 0.29) is 12.0 Å². The summed E-state index contributed by atoms with van der Waals surface area (Å²) in [6.45, 7) is 10.0. The molecule has 0 fully saturated rings. The minimum absolute atomic E-state index is 0.00600. The Labute approximate surface area is 144 Å². The number of hydrogen-bond donors (Lipinski definition) is 1. The number of esters is 1. The molecule has 2 N–H and O–H groups in total. The van der Waals surface area contributed by atoms with Gasteiger partial charge in [0.1, 0.15) is 0 Å². The van der Waals surface area contributed by atoms with E-state index in [1.54, 1.807) is 0 Å². The van der Waals surface area contributed by atoms with Gasteiger partial charge in [0.25, 0.3) is 0 Å². The lowest BCUT2D eigenvalue weighted by Gasteiger charge is -2.16. The highest BCUT2D eigenvalue weighted by Crippen LogP contribution is 2.10. The van der Waals surface area contributed by atoms with Crippen molar-refractivity contribution in [1.82, 2.24) is 0 Å². The largest absolute Gasteiger partial charge is 0.462 e. The second-order valence-corrected chi connectivity index (χ2v) is 7.19. The van der Waals surface area contributed by atoms with Crippen LogP contribution in [0.15, 0.2) is 0 Å². The molecule has 0 saturated heterocycles. The van der Waals surface area contributed by atoms with Crippen molar-refractivity contribution in [2.24, 2.45) is 5.92 Å². The van der Waals surface area contributed by atoms with E-state index in [0.717, 1.165) is 13.0 Å². The fourth-order valence-electron chi connectivity index (χ4n) is 3.00. The van der Waals surface area contributed by atoms with Gasteiger partial charge in [-0.3, -0.25) is 0 Å². The van der Waals surface area contributed by atoms with Gasteiger partial charge in [-0.05, 0) is 25.7 Å². The molecule has 138 valence electrons. The molecular formula is C20H42NO2+. The Kier molecular flexibility index (Phi) is 15.9. The number of quaternary nitrogens is 1.